The number of nitrogens with one attached hydrogen (secondary N) is 1. The van der Waals surface area contributed by atoms with E-state index in [-0.39, 0.29) is 5.91 Å². The third kappa shape index (κ3) is 4.72. The van der Waals surface area contributed by atoms with E-state index in [1.54, 1.807) is 11.3 Å². The van der Waals surface area contributed by atoms with Gasteiger partial charge in [-0.1, -0.05) is 0 Å². The second-order valence-electron chi connectivity index (χ2n) is 12.1. The molecule has 0 saturated carbocycles. The lowest BCUT2D eigenvalue weighted by molar-refractivity contribution is -0.000520. The van der Waals surface area contributed by atoms with Crippen LogP contribution in [0.1, 0.15) is 56.1 Å². The summed E-state index contributed by atoms with van der Waals surface area (Å²) in [5.74, 6) is -0.173. The first-order valence-electron chi connectivity index (χ1n) is 14.9. The Hall–Kier alpha value is -3.73. The molecule has 3 aromatic heterocycles. The normalized spacial score (nSPS) is 18.4. The number of carboxylic acids is 1. The molecule has 2 N–H and O–H groups in total. The van der Waals surface area contributed by atoms with Gasteiger partial charge in [0, 0.05) is 55.3 Å². The number of fused-ring (bicyclic) bond motifs is 4. The zero-order valence-electron chi connectivity index (χ0n) is 23.7. The molecule has 0 radical (unpaired) electrons. The summed E-state index contributed by atoms with van der Waals surface area (Å²) in [6.45, 7) is 4.25. The number of pyridine rings is 1. The highest BCUT2D eigenvalue weighted by Crippen LogP contribution is 2.47. The van der Waals surface area contributed by atoms with E-state index in [0.29, 0.717) is 15.9 Å². The molecule has 2 fully saturated rings. The summed E-state index contributed by atoms with van der Waals surface area (Å²) in [6.07, 6.45) is 5.95. The highest BCUT2D eigenvalue weighted by atomic mass is 32.1. The number of anilines is 4. The van der Waals surface area contributed by atoms with E-state index in [4.69, 9.17) is 9.72 Å². The quantitative estimate of drug-likeness (QED) is 0.262. The van der Waals surface area contributed by atoms with Gasteiger partial charge in [-0.15, -0.1) is 22.7 Å². The van der Waals surface area contributed by atoms with E-state index in [0.717, 1.165) is 115 Å². The van der Waals surface area contributed by atoms with Gasteiger partial charge < -0.3 is 25.0 Å². The second kappa shape index (κ2) is 10.5. The average Bonchev–Trinajstić information content (AvgIpc) is 3.75. The molecule has 0 unspecified atom stereocenters. The summed E-state index contributed by atoms with van der Waals surface area (Å²) in [5, 5.41) is 14.7. The molecule has 8 rings (SSSR count). The molecule has 0 atom stereocenters. The molecule has 3 aliphatic heterocycles. The Bertz CT molecular complexity index is 1730. The van der Waals surface area contributed by atoms with Crippen LogP contribution in [-0.4, -0.2) is 54.8 Å². The lowest BCUT2D eigenvalue weighted by Gasteiger charge is -2.53. The topological polar surface area (TPSA) is 95.0 Å². The Balaban J connectivity index is 1.02. The van der Waals surface area contributed by atoms with Crippen molar-refractivity contribution in [3.8, 4) is 9.75 Å². The summed E-state index contributed by atoms with van der Waals surface area (Å²) >= 11 is 3.00. The van der Waals surface area contributed by atoms with Gasteiger partial charge >= 0.3 is 5.97 Å². The molecule has 0 bridgehead atoms. The first-order valence-corrected chi connectivity index (χ1v) is 16.6. The number of carbonyl (C=O) groups is 2. The maximum atomic E-state index is 13.7. The van der Waals surface area contributed by atoms with Gasteiger partial charge in [0.15, 0.2) is 0 Å². The lowest BCUT2D eigenvalue weighted by atomic mass is 9.73. The van der Waals surface area contributed by atoms with Gasteiger partial charge in [-0.05, 0) is 97.5 Å². The molecule has 1 aromatic carbocycles. The van der Waals surface area contributed by atoms with Crippen molar-refractivity contribution in [1.82, 2.24) is 4.98 Å². The van der Waals surface area contributed by atoms with Gasteiger partial charge in [0.1, 0.15) is 10.7 Å². The molecule has 43 heavy (non-hydrogen) atoms. The number of nitrogens with zero attached hydrogens (tertiary/aromatic N) is 3. The van der Waals surface area contributed by atoms with E-state index in [1.165, 1.54) is 16.9 Å². The number of aromatic carboxylic acids is 1. The van der Waals surface area contributed by atoms with Crippen LogP contribution >= 0.6 is 22.7 Å². The van der Waals surface area contributed by atoms with Crippen LogP contribution < -0.4 is 15.1 Å². The highest BCUT2D eigenvalue weighted by molar-refractivity contribution is 7.23. The first kappa shape index (κ1) is 26.9. The fourth-order valence-corrected chi connectivity index (χ4v) is 9.18. The minimum Gasteiger partial charge on any atom is -0.477 e. The van der Waals surface area contributed by atoms with Crippen molar-refractivity contribution in [3.63, 3.8) is 0 Å². The van der Waals surface area contributed by atoms with Crippen molar-refractivity contribution in [1.29, 1.82) is 0 Å². The van der Waals surface area contributed by atoms with Gasteiger partial charge in [-0.2, -0.15) is 0 Å². The Morgan fingerprint density at radius 3 is 2.58 bits per heavy atom. The summed E-state index contributed by atoms with van der Waals surface area (Å²) in [6, 6.07) is 14.0. The predicted molar refractivity (Wildman–Crippen MR) is 171 cm³/mol. The SMILES string of the molecule is O=C(O)c1cc2c(s1)-c1sccc1N(c1ccc(NC(=O)c3cc4c(nc3N3CC5(CCOCC5)C3)CCC4)cc1)CC2. The van der Waals surface area contributed by atoms with E-state index in [9.17, 15) is 14.7 Å². The number of benzene rings is 1. The molecule has 4 aromatic rings. The fourth-order valence-electron chi connectivity index (χ4n) is 7.04. The Labute approximate surface area is 257 Å². The number of carbonyl (C=O) groups excluding carboxylic acids is 1. The number of thiophene rings is 2. The highest BCUT2D eigenvalue weighted by Gasteiger charge is 2.45. The number of hydrogen-bond donors (Lipinski definition) is 2. The average molecular weight is 613 g/mol. The number of rotatable bonds is 5. The van der Waals surface area contributed by atoms with Crippen LogP contribution in [0.15, 0.2) is 47.8 Å². The molecule has 2 saturated heterocycles. The van der Waals surface area contributed by atoms with Crippen molar-refractivity contribution in [2.45, 2.75) is 38.5 Å². The standard InChI is InChI=1S/C33H32N4O4S2/c38-31(24-16-20-2-1-3-25(20)35-30(24)36-18-33(19-36)10-13-41-14-11-33)34-22-4-6-23(7-5-22)37-12-8-21-17-27(32(39)40)43-28(21)29-26(37)9-15-42-29/h4-7,9,15-17H,1-3,8,10-14,18-19H2,(H,34,38)(H,39,40). The van der Waals surface area contributed by atoms with Gasteiger partial charge in [-0.3, -0.25) is 4.79 Å². The molecule has 220 valence electrons. The Morgan fingerprint density at radius 1 is 0.977 bits per heavy atom. The van der Waals surface area contributed by atoms with Crippen molar-refractivity contribution in [3.05, 3.63) is 75.1 Å². The van der Waals surface area contributed by atoms with Crippen LogP contribution in [-0.2, 0) is 24.0 Å². The van der Waals surface area contributed by atoms with Crippen LogP contribution in [0.3, 0.4) is 0 Å². The largest absolute Gasteiger partial charge is 0.477 e. The summed E-state index contributed by atoms with van der Waals surface area (Å²) in [4.78, 5) is 37.5. The molecule has 1 amide bonds. The first-order chi connectivity index (χ1) is 21.0. The summed E-state index contributed by atoms with van der Waals surface area (Å²) in [5.41, 5.74) is 7.25. The third-order valence-corrected chi connectivity index (χ3v) is 11.6. The van der Waals surface area contributed by atoms with E-state index in [1.807, 2.05) is 30.3 Å². The van der Waals surface area contributed by atoms with Crippen LogP contribution in [0.5, 0.6) is 0 Å². The maximum Gasteiger partial charge on any atom is 0.345 e. The minimum absolute atomic E-state index is 0.119. The van der Waals surface area contributed by atoms with Crippen LogP contribution in [0.25, 0.3) is 9.75 Å². The van der Waals surface area contributed by atoms with Crippen molar-refractivity contribution < 1.29 is 19.4 Å². The van der Waals surface area contributed by atoms with Gasteiger partial charge in [0.2, 0.25) is 0 Å². The van der Waals surface area contributed by atoms with Crippen LogP contribution in [0, 0.1) is 5.41 Å². The smallest absolute Gasteiger partial charge is 0.345 e. The second-order valence-corrected chi connectivity index (χ2v) is 14.1. The molecule has 10 heteroatoms. The molecule has 4 aliphatic rings. The number of ether oxygens (including phenoxy) is 1. The molecular weight excluding hydrogens is 581 g/mol. The molecule has 6 heterocycles. The van der Waals surface area contributed by atoms with Crippen molar-refractivity contribution >= 4 is 57.4 Å². The fraction of sp³-hybridized carbons (Fsp3) is 0.364. The van der Waals surface area contributed by atoms with Gasteiger partial charge in [-0.25, -0.2) is 9.78 Å². The minimum atomic E-state index is -0.874. The van der Waals surface area contributed by atoms with Gasteiger partial charge in [0.25, 0.3) is 5.91 Å². The number of aromatic nitrogens is 1. The zero-order valence-corrected chi connectivity index (χ0v) is 25.4. The predicted octanol–water partition coefficient (Wildman–Crippen LogP) is 6.62. The molecule has 1 aliphatic carbocycles. The van der Waals surface area contributed by atoms with Gasteiger partial charge in [0.05, 0.1) is 21.0 Å². The monoisotopic (exact) mass is 612 g/mol. The maximum absolute atomic E-state index is 13.7. The number of aryl methyl sites for hydroxylation is 2. The zero-order chi connectivity index (χ0) is 29.1. The number of amides is 1. The molecule has 8 nitrogen and oxygen atoms in total. The van der Waals surface area contributed by atoms with Crippen LogP contribution in [0.2, 0.25) is 0 Å². The van der Waals surface area contributed by atoms with Crippen LogP contribution in [0.4, 0.5) is 22.9 Å². The van der Waals surface area contributed by atoms with E-state index < -0.39 is 5.97 Å². The number of carboxylic acid groups (broad SMARTS) is 1. The summed E-state index contributed by atoms with van der Waals surface area (Å²) < 4.78 is 5.60. The van der Waals surface area contributed by atoms with E-state index >= 15 is 0 Å². The van der Waals surface area contributed by atoms with Crippen molar-refractivity contribution in [2.24, 2.45) is 5.41 Å². The molecular formula is C33H32N4O4S2. The third-order valence-electron chi connectivity index (χ3n) is 9.38. The molecule has 1 spiro atoms. The Morgan fingerprint density at radius 2 is 1.79 bits per heavy atom. The number of hydrogen-bond acceptors (Lipinski definition) is 8. The van der Waals surface area contributed by atoms with Crippen molar-refractivity contribution in [2.75, 3.05) is 48.0 Å². The summed E-state index contributed by atoms with van der Waals surface area (Å²) in [7, 11) is 0. The Kier molecular flexibility index (Phi) is 6.54. The lowest BCUT2D eigenvalue weighted by Crippen LogP contribution is -2.59. The van der Waals surface area contributed by atoms with E-state index in [2.05, 4.69) is 32.6 Å².